The van der Waals surface area contributed by atoms with Gasteiger partial charge in [0.05, 0.1) is 0 Å². The molecule has 3 aromatic carbocycles. The smallest absolute Gasteiger partial charge is 0.261 e. The van der Waals surface area contributed by atoms with Crippen LogP contribution in [0.5, 0.6) is 5.75 Å². The summed E-state index contributed by atoms with van der Waals surface area (Å²) < 4.78 is 5.88. The Hall–Kier alpha value is -2.85. The number of likely N-dealkylation sites (tertiary alicyclic amines) is 1. The zero-order chi connectivity index (χ0) is 20.8. The van der Waals surface area contributed by atoms with Gasteiger partial charge in [-0.1, -0.05) is 61.0 Å². The van der Waals surface area contributed by atoms with Crippen LogP contribution >= 0.6 is 0 Å². The van der Waals surface area contributed by atoms with E-state index in [2.05, 4.69) is 40.5 Å². The summed E-state index contributed by atoms with van der Waals surface area (Å²) in [4.78, 5) is 15.1. The molecule has 1 aliphatic heterocycles. The van der Waals surface area contributed by atoms with Crippen molar-refractivity contribution >= 4 is 16.7 Å². The topological polar surface area (TPSA) is 41.6 Å². The fraction of sp³-hybridized carbons (Fsp3) is 0.346. The highest BCUT2D eigenvalue weighted by molar-refractivity contribution is 5.84. The van der Waals surface area contributed by atoms with Crippen molar-refractivity contribution in [3.05, 3.63) is 77.9 Å². The molecular weight excluding hydrogens is 372 g/mol. The molecule has 4 nitrogen and oxygen atoms in total. The van der Waals surface area contributed by atoms with Crippen LogP contribution in [0, 0.1) is 0 Å². The lowest BCUT2D eigenvalue weighted by molar-refractivity contribution is -0.127. The summed E-state index contributed by atoms with van der Waals surface area (Å²) in [5.41, 5.74) is 2.43. The zero-order valence-electron chi connectivity index (χ0n) is 17.6. The molecule has 0 unspecified atom stereocenters. The Morgan fingerprint density at radius 1 is 0.933 bits per heavy atom. The van der Waals surface area contributed by atoms with Crippen molar-refractivity contribution < 1.29 is 9.53 Å². The summed E-state index contributed by atoms with van der Waals surface area (Å²) in [6, 6.07) is 22.5. The van der Waals surface area contributed by atoms with Crippen LogP contribution in [0.15, 0.2) is 66.7 Å². The molecule has 1 saturated heterocycles. The number of nitrogens with one attached hydrogen (secondary N) is 1. The molecule has 0 aliphatic carbocycles. The van der Waals surface area contributed by atoms with Crippen LogP contribution in [0.3, 0.4) is 0 Å². The SMILES string of the molecule is C[C@H](Oc1ccc2ccccc2c1)C(=O)NCc1cccc(CN2CCCCC2)c1. The summed E-state index contributed by atoms with van der Waals surface area (Å²) in [5, 5.41) is 5.27. The fourth-order valence-electron chi connectivity index (χ4n) is 4.04. The van der Waals surface area contributed by atoms with Crippen molar-refractivity contribution in [1.29, 1.82) is 0 Å². The Bertz CT molecular complexity index is 995. The van der Waals surface area contributed by atoms with Crippen LogP contribution in [-0.2, 0) is 17.9 Å². The quantitative estimate of drug-likeness (QED) is 0.611. The summed E-state index contributed by atoms with van der Waals surface area (Å²) in [5.74, 6) is 0.601. The van der Waals surface area contributed by atoms with Crippen molar-refractivity contribution in [3.8, 4) is 5.75 Å². The molecule has 0 aromatic heterocycles. The van der Waals surface area contributed by atoms with Gasteiger partial charge in [0, 0.05) is 13.1 Å². The Balaban J connectivity index is 1.30. The third-order valence-electron chi connectivity index (χ3n) is 5.72. The number of benzene rings is 3. The van der Waals surface area contributed by atoms with Crippen molar-refractivity contribution in [1.82, 2.24) is 10.2 Å². The van der Waals surface area contributed by atoms with E-state index in [1.807, 2.05) is 36.4 Å². The average molecular weight is 403 g/mol. The van der Waals surface area contributed by atoms with Crippen LogP contribution in [-0.4, -0.2) is 30.0 Å². The van der Waals surface area contributed by atoms with Gasteiger partial charge < -0.3 is 10.1 Å². The molecule has 1 N–H and O–H groups in total. The molecule has 1 fully saturated rings. The van der Waals surface area contributed by atoms with Gasteiger partial charge in [-0.3, -0.25) is 9.69 Å². The molecule has 4 heteroatoms. The zero-order valence-corrected chi connectivity index (χ0v) is 17.6. The molecule has 4 rings (SSSR count). The van der Waals surface area contributed by atoms with Crippen LogP contribution in [0.2, 0.25) is 0 Å². The van der Waals surface area contributed by atoms with E-state index in [1.54, 1.807) is 6.92 Å². The lowest BCUT2D eigenvalue weighted by atomic mass is 10.1. The molecule has 0 radical (unpaired) electrons. The van der Waals surface area contributed by atoms with Gasteiger partial charge in [-0.15, -0.1) is 0 Å². The van der Waals surface area contributed by atoms with E-state index in [0.29, 0.717) is 12.3 Å². The first-order valence-electron chi connectivity index (χ1n) is 10.9. The molecule has 3 aromatic rings. The van der Waals surface area contributed by atoms with Gasteiger partial charge in [0.25, 0.3) is 5.91 Å². The Labute approximate surface area is 178 Å². The first-order valence-corrected chi connectivity index (χ1v) is 10.9. The minimum atomic E-state index is -0.553. The minimum Gasteiger partial charge on any atom is -0.481 e. The maximum absolute atomic E-state index is 12.5. The van der Waals surface area contributed by atoms with Gasteiger partial charge in [0.1, 0.15) is 5.75 Å². The van der Waals surface area contributed by atoms with Gasteiger partial charge in [-0.05, 0) is 66.9 Å². The largest absolute Gasteiger partial charge is 0.481 e. The Morgan fingerprint density at radius 2 is 1.70 bits per heavy atom. The van der Waals surface area contributed by atoms with Crippen molar-refractivity contribution in [2.45, 2.75) is 45.4 Å². The van der Waals surface area contributed by atoms with Gasteiger partial charge >= 0.3 is 0 Å². The number of amides is 1. The van der Waals surface area contributed by atoms with Crippen LogP contribution in [0.4, 0.5) is 0 Å². The lowest BCUT2D eigenvalue weighted by Crippen LogP contribution is -2.36. The molecular formula is C26H30N2O2. The second-order valence-electron chi connectivity index (χ2n) is 8.14. The number of carbonyl (C=O) groups is 1. The predicted octanol–water partition coefficient (Wildman–Crippen LogP) is 4.91. The van der Waals surface area contributed by atoms with E-state index in [-0.39, 0.29) is 5.91 Å². The van der Waals surface area contributed by atoms with Gasteiger partial charge in [0.2, 0.25) is 0 Å². The van der Waals surface area contributed by atoms with E-state index in [9.17, 15) is 4.79 Å². The lowest BCUT2D eigenvalue weighted by Gasteiger charge is -2.26. The number of hydrogen-bond donors (Lipinski definition) is 1. The highest BCUT2D eigenvalue weighted by Crippen LogP contribution is 2.21. The normalized spacial score (nSPS) is 15.6. The molecule has 30 heavy (non-hydrogen) atoms. The fourth-order valence-corrected chi connectivity index (χ4v) is 4.04. The molecule has 0 bridgehead atoms. The van der Waals surface area contributed by atoms with E-state index in [0.717, 1.165) is 22.9 Å². The maximum Gasteiger partial charge on any atom is 0.261 e. The number of nitrogens with zero attached hydrogens (tertiary/aromatic N) is 1. The molecule has 1 amide bonds. The number of carbonyl (C=O) groups excluding carboxylic acids is 1. The molecule has 1 heterocycles. The summed E-state index contributed by atoms with van der Waals surface area (Å²) in [7, 11) is 0. The number of hydrogen-bond acceptors (Lipinski definition) is 3. The summed E-state index contributed by atoms with van der Waals surface area (Å²) in [6.07, 6.45) is 3.39. The third-order valence-corrected chi connectivity index (χ3v) is 5.72. The van der Waals surface area contributed by atoms with Crippen LogP contribution in [0.25, 0.3) is 10.8 Å². The maximum atomic E-state index is 12.5. The van der Waals surface area contributed by atoms with Crippen molar-refractivity contribution in [3.63, 3.8) is 0 Å². The van der Waals surface area contributed by atoms with Crippen molar-refractivity contribution in [2.75, 3.05) is 13.1 Å². The molecule has 156 valence electrons. The molecule has 1 atom stereocenters. The highest BCUT2D eigenvalue weighted by Gasteiger charge is 2.15. The summed E-state index contributed by atoms with van der Waals surface area (Å²) in [6.45, 7) is 5.66. The first kappa shape index (κ1) is 20.4. The van der Waals surface area contributed by atoms with E-state index >= 15 is 0 Å². The number of fused-ring (bicyclic) bond motifs is 1. The van der Waals surface area contributed by atoms with E-state index < -0.39 is 6.10 Å². The van der Waals surface area contributed by atoms with Gasteiger partial charge in [-0.25, -0.2) is 0 Å². The molecule has 0 saturated carbocycles. The standard InChI is InChI=1S/C26H30N2O2/c1-20(30-25-13-12-23-10-3-4-11-24(23)17-25)26(29)27-18-21-8-7-9-22(16-21)19-28-14-5-2-6-15-28/h3-4,7-13,16-17,20H,2,5-6,14-15,18-19H2,1H3,(H,27,29)/t20-/m0/s1. The number of piperidine rings is 1. The Kier molecular flexibility index (Phi) is 6.65. The van der Waals surface area contributed by atoms with E-state index in [4.69, 9.17) is 4.74 Å². The average Bonchev–Trinajstić information content (AvgIpc) is 2.78. The predicted molar refractivity (Wildman–Crippen MR) is 121 cm³/mol. The number of ether oxygens (including phenoxy) is 1. The minimum absolute atomic E-state index is 0.107. The first-order chi connectivity index (χ1) is 14.7. The highest BCUT2D eigenvalue weighted by atomic mass is 16.5. The van der Waals surface area contributed by atoms with Crippen LogP contribution < -0.4 is 10.1 Å². The van der Waals surface area contributed by atoms with Crippen LogP contribution in [0.1, 0.15) is 37.3 Å². The third kappa shape index (κ3) is 5.39. The summed E-state index contributed by atoms with van der Waals surface area (Å²) >= 11 is 0. The van der Waals surface area contributed by atoms with E-state index in [1.165, 1.54) is 37.9 Å². The van der Waals surface area contributed by atoms with Crippen molar-refractivity contribution in [2.24, 2.45) is 0 Å². The monoisotopic (exact) mass is 402 g/mol. The second-order valence-corrected chi connectivity index (χ2v) is 8.14. The second kappa shape index (κ2) is 9.77. The number of rotatable bonds is 7. The molecule has 0 spiro atoms. The Morgan fingerprint density at radius 3 is 2.53 bits per heavy atom. The van der Waals surface area contributed by atoms with Gasteiger partial charge in [-0.2, -0.15) is 0 Å². The van der Waals surface area contributed by atoms with Gasteiger partial charge in [0.15, 0.2) is 6.10 Å². The molecule has 1 aliphatic rings.